The van der Waals surface area contributed by atoms with Crippen molar-refractivity contribution in [2.45, 2.75) is 51.5 Å². The van der Waals surface area contributed by atoms with Gasteiger partial charge in [-0.25, -0.2) is 9.97 Å². The van der Waals surface area contributed by atoms with Gasteiger partial charge in [-0.1, -0.05) is 36.8 Å². The van der Waals surface area contributed by atoms with Crippen LogP contribution in [0.25, 0.3) is 0 Å². The van der Waals surface area contributed by atoms with Gasteiger partial charge in [-0.15, -0.1) is 0 Å². The molecule has 2 aliphatic heterocycles. The predicted molar refractivity (Wildman–Crippen MR) is 124 cm³/mol. The predicted octanol–water partition coefficient (Wildman–Crippen LogP) is 2.92. The van der Waals surface area contributed by atoms with Crippen LogP contribution in [-0.4, -0.2) is 65.3 Å². The fourth-order valence-corrected chi connectivity index (χ4v) is 4.66. The minimum Gasteiger partial charge on any atom is -0.348 e. The highest BCUT2D eigenvalue weighted by atomic mass is 16.2. The van der Waals surface area contributed by atoms with E-state index in [0.29, 0.717) is 25.9 Å². The number of carbonyl (C=O) groups excluding carboxylic acids is 2. The fourth-order valence-electron chi connectivity index (χ4n) is 4.66. The first-order valence-corrected chi connectivity index (χ1v) is 11.6. The second kappa shape index (κ2) is 9.77. The topological polar surface area (TPSA) is 69.6 Å². The molecule has 0 N–H and O–H groups in total. The van der Waals surface area contributed by atoms with Gasteiger partial charge in [0.15, 0.2) is 0 Å². The summed E-state index contributed by atoms with van der Waals surface area (Å²) in [5.41, 5.74) is 3.24. The molecule has 1 fully saturated rings. The summed E-state index contributed by atoms with van der Waals surface area (Å²) in [5, 5.41) is 0. The lowest BCUT2D eigenvalue weighted by Crippen LogP contribution is -2.42. The van der Waals surface area contributed by atoms with Gasteiger partial charge >= 0.3 is 0 Å². The molecule has 1 aromatic heterocycles. The monoisotopic (exact) mass is 435 g/mol. The van der Waals surface area contributed by atoms with Gasteiger partial charge in [0, 0.05) is 38.3 Å². The SMILES string of the molecule is Cc1nc([C@@H]2CCCCN2CC(=O)N(C)C)nc2c1CCC(=O)N2CCc1ccccc1. The van der Waals surface area contributed by atoms with Gasteiger partial charge in [-0.2, -0.15) is 0 Å². The number of likely N-dealkylation sites (tertiary alicyclic amines) is 1. The lowest BCUT2D eigenvalue weighted by atomic mass is 9.99. The molecule has 0 saturated carbocycles. The summed E-state index contributed by atoms with van der Waals surface area (Å²) < 4.78 is 0. The second-order valence-corrected chi connectivity index (χ2v) is 9.02. The van der Waals surface area contributed by atoms with Gasteiger partial charge < -0.3 is 4.90 Å². The van der Waals surface area contributed by atoms with E-state index in [0.717, 1.165) is 55.1 Å². The van der Waals surface area contributed by atoms with Gasteiger partial charge in [0.25, 0.3) is 0 Å². The quantitative estimate of drug-likeness (QED) is 0.698. The van der Waals surface area contributed by atoms with Crippen LogP contribution < -0.4 is 4.90 Å². The molecule has 170 valence electrons. The van der Waals surface area contributed by atoms with Crippen molar-refractivity contribution in [3.63, 3.8) is 0 Å². The molecule has 0 unspecified atom stereocenters. The molecule has 2 aromatic rings. The number of rotatable bonds is 6. The number of anilines is 1. The maximum absolute atomic E-state index is 12.9. The molecule has 1 atom stereocenters. The molecule has 0 aliphatic carbocycles. The van der Waals surface area contributed by atoms with E-state index in [9.17, 15) is 9.59 Å². The van der Waals surface area contributed by atoms with Crippen LogP contribution in [0.15, 0.2) is 30.3 Å². The number of hydrogen-bond acceptors (Lipinski definition) is 5. The van der Waals surface area contributed by atoms with Crippen LogP contribution in [0.1, 0.15) is 54.4 Å². The van der Waals surface area contributed by atoms with Crippen LogP contribution in [0.2, 0.25) is 0 Å². The van der Waals surface area contributed by atoms with E-state index in [1.165, 1.54) is 5.56 Å². The number of fused-ring (bicyclic) bond motifs is 1. The van der Waals surface area contributed by atoms with Gasteiger partial charge in [-0.05, 0) is 44.7 Å². The zero-order chi connectivity index (χ0) is 22.7. The van der Waals surface area contributed by atoms with Crippen LogP contribution in [0.4, 0.5) is 5.82 Å². The van der Waals surface area contributed by atoms with Gasteiger partial charge in [0.1, 0.15) is 11.6 Å². The maximum atomic E-state index is 12.9. The average molecular weight is 436 g/mol. The molecule has 0 spiro atoms. The van der Waals surface area contributed by atoms with Crippen molar-refractivity contribution >= 4 is 17.6 Å². The highest BCUT2D eigenvalue weighted by molar-refractivity contribution is 5.95. The zero-order valence-corrected chi connectivity index (χ0v) is 19.4. The molecule has 1 aromatic carbocycles. The van der Waals surface area contributed by atoms with E-state index in [1.54, 1.807) is 19.0 Å². The summed E-state index contributed by atoms with van der Waals surface area (Å²) in [6.45, 7) is 3.86. The number of hydrogen-bond donors (Lipinski definition) is 0. The minimum absolute atomic E-state index is 0.00431. The number of benzene rings is 1. The highest BCUT2D eigenvalue weighted by Crippen LogP contribution is 2.34. The number of amides is 2. The van der Waals surface area contributed by atoms with Crippen molar-refractivity contribution in [2.75, 3.05) is 38.6 Å². The number of likely N-dealkylation sites (N-methyl/N-ethyl adjacent to an activating group) is 1. The molecule has 1 saturated heterocycles. The Balaban J connectivity index is 1.62. The van der Waals surface area contributed by atoms with E-state index >= 15 is 0 Å². The number of piperidine rings is 1. The van der Waals surface area contributed by atoms with Crippen molar-refractivity contribution in [3.05, 3.63) is 53.0 Å². The molecule has 4 rings (SSSR count). The summed E-state index contributed by atoms with van der Waals surface area (Å²) >= 11 is 0. The first-order valence-electron chi connectivity index (χ1n) is 11.6. The molecule has 7 heteroatoms. The summed E-state index contributed by atoms with van der Waals surface area (Å²) in [6.07, 6.45) is 5.07. The third-order valence-corrected chi connectivity index (χ3v) is 6.57. The Morgan fingerprint density at radius 2 is 1.91 bits per heavy atom. The minimum atomic E-state index is 0.00431. The Hall–Kier alpha value is -2.80. The summed E-state index contributed by atoms with van der Waals surface area (Å²) in [5.74, 6) is 1.73. The van der Waals surface area contributed by atoms with E-state index in [2.05, 4.69) is 17.0 Å². The third-order valence-electron chi connectivity index (χ3n) is 6.57. The van der Waals surface area contributed by atoms with Crippen molar-refractivity contribution in [3.8, 4) is 0 Å². The Kier molecular flexibility index (Phi) is 6.84. The van der Waals surface area contributed by atoms with E-state index in [1.807, 2.05) is 30.0 Å². The first kappa shape index (κ1) is 22.4. The lowest BCUT2D eigenvalue weighted by molar-refractivity contribution is -0.131. The molecule has 32 heavy (non-hydrogen) atoms. The van der Waals surface area contributed by atoms with Crippen molar-refractivity contribution < 1.29 is 9.59 Å². The Bertz CT molecular complexity index is 976. The number of aryl methyl sites for hydroxylation is 1. The van der Waals surface area contributed by atoms with E-state index < -0.39 is 0 Å². The normalized spacial score (nSPS) is 19.0. The van der Waals surface area contributed by atoms with Gasteiger partial charge in [0.2, 0.25) is 11.8 Å². The molecule has 3 heterocycles. The Morgan fingerprint density at radius 1 is 1.12 bits per heavy atom. The first-order chi connectivity index (χ1) is 15.4. The number of aromatic nitrogens is 2. The molecule has 0 radical (unpaired) electrons. The average Bonchev–Trinajstić information content (AvgIpc) is 2.79. The zero-order valence-electron chi connectivity index (χ0n) is 19.4. The van der Waals surface area contributed by atoms with Gasteiger partial charge in [0.05, 0.1) is 12.6 Å². The molecule has 0 bridgehead atoms. The Morgan fingerprint density at radius 3 is 2.66 bits per heavy atom. The largest absolute Gasteiger partial charge is 0.348 e. The molecule has 7 nitrogen and oxygen atoms in total. The fraction of sp³-hybridized carbons (Fsp3) is 0.520. The summed E-state index contributed by atoms with van der Waals surface area (Å²) in [7, 11) is 3.58. The van der Waals surface area contributed by atoms with Crippen molar-refractivity contribution in [2.24, 2.45) is 0 Å². The van der Waals surface area contributed by atoms with Crippen LogP contribution in [0.5, 0.6) is 0 Å². The van der Waals surface area contributed by atoms with Gasteiger partial charge in [-0.3, -0.25) is 19.4 Å². The van der Waals surface area contributed by atoms with Crippen molar-refractivity contribution in [1.82, 2.24) is 19.8 Å². The lowest BCUT2D eigenvalue weighted by Gasteiger charge is -2.36. The third kappa shape index (κ3) is 4.83. The van der Waals surface area contributed by atoms with Crippen LogP contribution in [-0.2, 0) is 22.4 Å². The van der Waals surface area contributed by atoms with Crippen molar-refractivity contribution in [1.29, 1.82) is 0 Å². The van der Waals surface area contributed by atoms with Crippen LogP contribution >= 0.6 is 0 Å². The standard InChI is InChI=1S/C25H33N5O2/c1-18-20-12-13-22(31)30(16-14-19-9-5-4-6-10-19)25(20)27-24(26-18)21-11-7-8-15-29(21)17-23(32)28(2)3/h4-6,9-10,21H,7-8,11-17H2,1-3H3/t21-/m0/s1. The molecule has 2 amide bonds. The number of nitrogens with zero attached hydrogens (tertiary/aromatic N) is 5. The van der Waals surface area contributed by atoms with Crippen LogP contribution in [0.3, 0.4) is 0 Å². The maximum Gasteiger partial charge on any atom is 0.236 e. The molecule has 2 aliphatic rings. The summed E-state index contributed by atoms with van der Waals surface area (Å²) in [4.78, 5) is 40.8. The van der Waals surface area contributed by atoms with E-state index in [4.69, 9.17) is 9.97 Å². The molecular formula is C25H33N5O2. The summed E-state index contributed by atoms with van der Waals surface area (Å²) in [6, 6.07) is 10.2. The number of carbonyl (C=O) groups is 2. The second-order valence-electron chi connectivity index (χ2n) is 9.02. The Labute approximate surface area is 190 Å². The highest BCUT2D eigenvalue weighted by Gasteiger charge is 2.32. The smallest absolute Gasteiger partial charge is 0.236 e. The molecular weight excluding hydrogens is 402 g/mol. The van der Waals surface area contributed by atoms with E-state index in [-0.39, 0.29) is 17.9 Å². The van der Waals surface area contributed by atoms with Crippen LogP contribution in [0, 0.1) is 6.92 Å².